The maximum atomic E-state index is 5.41. The van der Waals surface area contributed by atoms with Gasteiger partial charge in [-0.15, -0.1) is 0 Å². The number of nitrogens with zero attached hydrogens (tertiary/aromatic N) is 4. The molecule has 0 aliphatic heterocycles. The van der Waals surface area contributed by atoms with Gasteiger partial charge in [-0.05, 0) is 13.0 Å². The highest BCUT2D eigenvalue weighted by Gasteiger charge is 2.02. The number of rotatable bonds is 2. The summed E-state index contributed by atoms with van der Waals surface area (Å²) < 4.78 is 1.64. The number of aryl methyl sites for hydroxylation is 1. The first-order chi connectivity index (χ1) is 7.16. The number of nitrogens with two attached hydrogens (primary N) is 1. The molecule has 0 fully saturated rings. The van der Waals surface area contributed by atoms with Crippen LogP contribution in [-0.4, -0.2) is 24.7 Å². The van der Waals surface area contributed by atoms with Crippen LogP contribution in [0.1, 0.15) is 11.4 Å². The lowest BCUT2D eigenvalue weighted by molar-refractivity contribution is 0.823. The third kappa shape index (κ3) is 1.99. The monoisotopic (exact) mass is 219 g/mol. The first kappa shape index (κ1) is 9.72. The van der Waals surface area contributed by atoms with Crippen molar-refractivity contribution in [3.05, 3.63) is 36.0 Å². The number of thiocarbonyl (C=S) groups is 1. The first-order valence-electron chi connectivity index (χ1n) is 4.31. The Morgan fingerprint density at radius 3 is 2.67 bits per heavy atom. The smallest absolute Gasteiger partial charge is 0.171 e. The van der Waals surface area contributed by atoms with E-state index in [1.807, 2.05) is 19.2 Å². The molecule has 0 saturated carbocycles. The minimum atomic E-state index is 0.241. The summed E-state index contributed by atoms with van der Waals surface area (Å²) in [4.78, 5) is 8.47. The largest absolute Gasteiger partial charge is 0.388 e. The van der Waals surface area contributed by atoms with E-state index in [1.165, 1.54) is 6.20 Å². The van der Waals surface area contributed by atoms with Gasteiger partial charge in [0.25, 0.3) is 0 Å². The average Bonchev–Trinajstić information content (AvgIpc) is 2.65. The van der Waals surface area contributed by atoms with E-state index < -0.39 is 0 Å². The molecular weight excluding hydrogens is 210 g/mol. The van der Waals surface area contributed by atoms with Crippen LogP contribution in [0.2, 0.25) is 0 Å². The van der Waals surface area contributed by atoms with E-state index in [4.69, 9.17) is 18.0 Å². The van der Waals surface area contributed by atoms with Crippen molar-refractivity contribution in [1.82, 2.24) is 19.7 Å². The van der Waals surface area contributed by atoms with E-state index in [0.717, 1.165) is 5.69 Å². The van der Waals surface area contributed by atoms with Crippen LogP contribution in [0.4, 0.5) is 0 Å². The highest BCUT2D eigenvalue weighted by atomic mass is 32.1. The van der Waals surface area contributed by atoms with Crippen molar-refractivity contribution in [2.45, 2.75) is 6.92 Å². The van der Waals surface area contributed by atoms with Crippen LogP contribution < -0.4 is 5.73 Å². The molecule has 2 aromatic heterocycles. The molecular formula is C9H9N5S. The van der Waals surface area contributed by atoms with Gasteiger partial charge in [-0.2, -0.15) is 5.10 Å². The Balaban J connectivity index is 2.35. The fourth-order valence-corrected chi connectivity index (χ4v) is 1.21. The quantitative estimate of drug-likeness (QED) is 0.749. The predicted octanol–water partition coefficient (Wildman–Crippen LogP) is 0.605. The van der Waals surface area contributed by atoms with Crippen molar-refractivity contribution in [2.75, 3.05) is 0 Å². The Morgan fingerprint density at radius 2 is 2.20 bits per heavy atom. The lowest BCUT2D eigenvalue weighted by Gasteiger charge is -2.00. The minimum Gasteiger partial charge on any atom is -0.388 e. The van der Waals surface area contributed by atoms with Crippen LogP contribution in [0.25, 0.3) is 5.82 Å². The third-order valence-electron chi connectivity index (χ3n) is 1.85. The van der Waals surface area contributed by atoms with E-state index in [9.17, 15) is 0 Å². The lowest BCUT2D eigenvalue weighted by atomic mass is 10.4. The van der Waals surface area contributed by atoms with Gasteiger partial charge in [-0.3, -0.25) is 0 Å². The van der Waals surface area contributed by atoms with Gasteiger partial charge >= 0.3 is 0 Å². The number of hydrogen-bond donors (Lipinski definition) is 1. The van der Waals surface area contributed by atoms with Crippen molar-refractivity contribution in [3.8, 4) is 5.82 Å². The zero-order valence-corrected chi connectivity index (χ0v) is 8.90. The molecule has 2 heterocycles. The average molecular weight is 219 g/mol. The summed E-state index contributed by atoms with van der Waals surface area (Å²) in [7, 11) is 0. The van der Waals surface area contributed by atoms with Crippen LogP contribution >= 0.6 is 12.2 Å². The fraction of sp³-hybridized carbons (Fsp3) is 0.111. The number of hydrogen-bond acceptors (Lipinski definition) is 4. The third-order valence-corrected chi connectivity index (χ3v) is 2.06. The molecule has 0 saturated heterocycles. The maximum absolute atomic E-state index is 5.41. The second-order valence-electron chi connectivity index (χ2n) is 3.03. The van der Waals surface area contributed by atoms with Gasteiger partial charge in [0, 0.05) is 6.20 Å². The molecule has 2 rings (SSSR count). The summed E-state index contributed by atoms with van der Waals surface area (Å²) in [5.41, 5.74) is 6.85. The Morgan fingerprint density at radius 1 is 1.40 bits per heavy atom. The zero-order valence-electron chi connectivity index (χ0n) is 8.08. The Bertz CT molecular complexity index is 487. The zero-order chi connectivity index (χ0) is 10.8. The first-order valence-corrected chi connectivity index (χ1v) is 4.72. The molecule has 0 unspecified atom stereocenters. The summed E-state index contributed by atoms with van der Waals surface area (Å²) in [5.74, 6) is 0.642. The molecule has 0 aliphatic rings. The second kappa shape index (κ2) is 3.74. The minimum absolute atomic E-state index is 0.241. The Hall–Kier alpha value is -1.82. The van der Waals surface area contributed by atoms with Crippen LogP contribution in [0.5, 0.6) is 0 Å². The SMILES string of the molecule is Cc1ccn(-c2cnc(C(N)=S)cn2)n1. The van der Waals surface area contributed by atoms with Gasteiger partial charge in [0.05, 0.1) is 18.1 Å². The van der Waals surface area contributed by atoms with Crippen LogP contribution in [0, 0.1) is 6.92 Å². The molecule has 2 N–H and O–H groups in total. The predicted molar refractivity (Wildman–Crippen MR) is 59.8 cm³/mol. The molecule has 2 aromatic rings. The van der Waals surface area contributed by atoms with Crippen molar-refractivity contribution < 1.29 is 0 Å². The molecule has 0 radical (unpaired) electrons. The van der Waals surface area contributed by atoms with Crippen molar-refractivity contribution in [1.29, 1.82) is 0 Å². The van der Waals surface area contributed by atoms with Crippen molar-refractivity contribution in [3.63, 3.8) is 0 Å². The van der Waals surface area contributed by atoms with E-state index >= 15 is 0 Å². The van der Waals surface area contributed by atoms with Gasteiger partial charge in [-0.1, -0.05) is 12.2 Å². The normalized spacial score (nSPS) is 10.2. The molecule has 76 valence electrons. The summed E-state index contributed by atoms with van der Waals surface area (Å²) in [5, 5.41) is 4.21. The van der Waals surface area contributed by atoms with Gasteiger partial charge in [0.2, 0.25) is 0 Å². The molecule has 6 heteroatoms. The van der Waals surface area contributed by atoms with Gasteiger partial charge in [0.1, 0.15) is 10.7 Å². The summed E-state index contributed by atoms with van der Waals surface area (Å²) in [6.45, 7) is 1.91. The molecule has 0 bridgehead atoms. The van der Waals surface area contributed by atoms with E-state index in [0.29, 0.717) is 11.5 Å². The standard InChI is InChI=1S/C9H9N5S/c1-6-2-3-14(13-6)8-5-11-7(4-12-8)9(10)15/h2-5H,1H3,(H2,10,15). The van der Waals surface area contributed by atoms with E-state index in [-0.39, 0.29) is 4.99 Å². The second-order valence-corrected chi connectivity index (χ2v) is 3.47. The lowest BCUT2D eigenvalue weighted by Crippen LogP contribution is -2.12. The number of aromatic nitrogens is 4. The summed E-state index contributed by atoms with van der Waals surface area (Å²) >= 11 is 4.78. The Kier molecular flexibility index (Phi) is 2.42. The molecule has 0 spiro atoms. The Labute approximate surface area is 92.0 Å². The van der Waals surface area contributed by atoms with Crippen LogP contribution in [0.3, 0.4) is 0 Å². The molecule has 15 heavy (non-hydrogen) atoms. The molecule has 5 nitrogen and oxygen atoms in total. The molecule has 0 aliphatic carbocycles. The van der Waals surface area contributed by atoms with E-state index in [1.54, 1.807) is 10.9 Å². The molecule has 0 amide bonds. The highest BCUT2D eigenvalue weighted by molar-refractivity contribution is 7.80. The van der Waals surface area contributed by atoms with E-state index in [2.05, 4.69) is 15.1 Å². The topological polar surface area (TPSA) is 69.6 Å². The summed E-state index contributed by atoms with van der Waals surface area (Å²) in [6.07, 6.45) is 4.94. The van der Waals surface area contributed by atoms with Crippen LogP contribution in [0.15, 0.2) is 24.7 Å². The van der Waals surface area contributed by atoms with Gasteiger partial charge in [-0.25, -0.2) is 14.6 Å². The highest BCUT2D eigenvalue weighted by Crippen LogP contribution is 2.02. The van der Waals surface area contributed by atoms with Crippen molar-refractivity contribution in [2.24, 2.45) is 5.73 Å². The molecule has 0 atom stereocenters. The van der Waals surface area contributed by atoms with Gasteiger partial charge in [0.15, 0.2) is 5.82 Å². The van der Waals surface area contributed by atoms with Crippen molar-refractivity contribution >= 4 is 17.2 Å². The molecule has 0 aromatic carbocycles. The summed E-state index contributed by atoms with van der Waals surface area (Å²) in [6, 6.07) is 1.89. The fourth-order valence-electron chi connectivity index (χ4n) is 1.11. The van der Waals surface area contributed by atoms with Crippen LogP contribution in [-0.2, 0) is 0 Å². The van der Waals surface area contributed by atoms with Gasteiger partial charge < -0.3 is 5.73 Å². The maximum Gasteiger partial charge on any atom is 0.171 e.